The monoisotopic (exact) mass is 523 g/mol. The zero-order chi connectivity index (χ0) is 22.4. The molecule has 1 amide bonds. The molecule has 2 aromatic heterocycles. The number of hydrogen-bond donors (Lipinski definition) is 1. The van der Waals surface area contributed by atoms with Crippen molar-refractivity contribution >= 4 is 50.7 Å². The summed E-state index contributed by atoms with van der Waals surface area (Å²) in [6, 6.07) is 5.09. The molecule has 0 saturated carbocycles. The minimum atomic E-state index is -4.69. The summed E-state index contributed by atoms with van der Waals surface area (Å²) in [5.41, 5.74) is 0.855. The van der Waals surface area contributed by atoms with Crippen LogP contribution >= 0.6 is 39.1 Å². The van der Waals surface area contributed by atoms with Gasteiger partial charge in [-0.25, -0.2) is 0 Å². The van der Waals surface area contributed by atoms with E-state index in [0.717, 1.165) is 10.2 Å². The van der Waals surface area contributed by atoms with Gasteiger partial charge in [0.15, 0.2) is 5.69 Å². The van der Waals surface area contributed by atoms with E-state index in [1.54, 1.807) is 36.7 Å². The zero-order valence-electron chi connectivity index (χ0n) is 15.9. The number of nitrogens with zero attached hydrogens (tertiary/aromatic N) is 4. The van der Waals surface area contributed by atoms with Crippen molar-refractivity contribution in [2.75, 3.05) is 5.32 Å². The van der Waals surface area contributed by atoms with E-state index < -0.39 is 22.3 Å². The Labute approximate surface area is 188 Å². The number of halogens is 6. The Balaban J connectivity index is 1.90. The number of alkyl halides is 3. The third-order valence-electron chi connectivity index (χ3n) is 4.43. The van der Waals surface area contributed by atoms with Crippen molar-refractivity contribution in [3.05, 3.63) is 61.1 Å². The highest BCUT2D eigenvalue weighted by Crippen LogP contribution is 2.36. The number of carbonyl (C=O) groups excluding carboxylic acids is 1. The number of anilines is 1. The number of hydrogen-bond acceptors (Lipinski definition) is 3. The molecular weight excluding hydrogens is 510 g/mol. The van der Waals surface area contributed by atoms with Gasteiger partial charge in [-0.05, 0) is 47.5 Å². The number of amides is 1. The highest BCUT2D eigenvalue weighted by atomic mass is 79.9. The first-order valence-corrected chi connectivity index (χ1v) is 10.0. The van der Waals surface area contributed by atoms with E-state index in [9.17, 15) is 18.0 Å². The summed E-state index contributed by atoms with van der Waals surface area (Å²) in [6.07, 6.45) is -4.69. The maximum Gasteiger partial charge on any atom is 0.436 e. The summed E-state index contributed by atoms with van der Waals surface area (Å²) in [6.45, 7) is 3.74. The van der Waals surface area contributed by atoms with Gasteiger partial charge in [-0.2, -0.15) is 23.4 Å². The number of nitrogens with one attached hydrogen (secondary N) is 1. The first-order chi connectivity index (χ1) is 13.9. The van der Waals surface area contributed by atoms with Crippen LogP contribution in [0.5, 0.6) is 0 Å². The molecule has 0 aliphatic rings. The minimum absolute atomic E-state index is 0.255. The Kier molecular flexibility index (Phi) is 6.22. The van der Waals surface area contributed by atoms with Crippen molar-refractivity contribution < 1.29 is 18.0 Å². The summed E-state index contributed by atoms with van der Waals surface area (Å²) in [4.78, 5) is 12.7. The smallest absolute Gasteiger partial charge is 0.317 e. The lowest BCUT2D eigenvalue weighted by Gasteiger charge is -2.09. The normalized spacial score (nSPS) is 11.8. The molecule has 0 radical (unpaired) electrons. The van der Waals surface area contributed by atoms with Gasteiger partial charge in [-0.3, -0.25) is 14.2 Å². The molecule has 1 N–H and O–H groups in total. The van der Waals surface area contributed by atoms with Crippen molar-refractivity contribution in [2.24, 2.45) is 7.05 Å². The van der Waals surface area contributed by atoms with E-state index in [1.807, 2.05) is 0 Å². The number of carbonyl (C=O) groups is 1. The molecule has 6 nitrogen and oxygen atoms in total. The van der Waals surface area contributed by atoms with E-state index >= 15 is 0 Å². The lowest BCUT2D eigenvalue weighted by molar-refractivity contribution is -0.142. The molecule has 160 valence electrons. The molecule has 30 heavy (non-hydrogen) atoms. The maximum absolute atomic E-state index is 13.1. The van der Waals surface area contributed by atoms with Crippen LogP contribution in [0.4, 0.5) is 18.9 Å². The minimum Gasteiger partial charge on any atom is -0.317 e. The molecule has 0 aliphatic heterocycles. The van der Waals surface area contributed by atoms with Crippen LogP contribution in [-0.2, 0) is 19.8 Å². The topological polar surface area (TPSA) is 64.7 Å². The van der Waals surface area contributed by atoms with Gasteiger partial charge in [0.05, 0.1) is 28.1 Å². The van der Waals surface area contributed by atoms with Gasteiger partial charge in [-0.1, -0.05) is 29.3 Å². The quantitative estimate of drug-likeness (QED) is 0.481. The predicted molar refractivity (Wildman–Crippen MR) is 111 cm³/mol. The Morgan fingerprint density at radius 2 is 1.90 bits per heavy atom. The fourth-order valence-corrected chi connectivity index (χ4v) is 4.15. The fraction of sp³-hybridized carbons (Fsp3) is 0.278. The molecule has 0 unspecified atom stereocenters. The number of aryl methyl sites for hydroxylation is 2. The molecule has 3 aromatic rings. The second-order valence-electron chi connectivity index (χ2n) is 6.53. The molecule has 0 saturated heterocycles. The lowest BCUT2D eigenvalue weighted by Crippen LogP contribution is -2.17. The molecule has 0 atom stereocenters. The maximum atomic E-state index is 13.1. The summed E-state index contributed by atoms with van der Waals surface area (Å²) in [7, 11) is 1.26. The van der Waals surface area contributed by atoms with Crippen LogP contribution < -0.4 is 5.32 Å². The molecule has 0 bridgehead atoms. The van der Waals surface area contributed by atoms with Gasteiger partial charge < -0.3 is 5.32 Å². The first-order valence-electron chi connectivity index (χ1n) is 8.49. The van der Waals surface area contributed by atoms with Crippen LogP contribution in [0.2, 0.25) is 10.0 Å². The van der Waals surface area contributed by atoms with Crippen LogP contribution in [0.15, 0.2) is 22.7 Å². The van der Waals surface area contributed by atoms with Gasteiger partial charge in [0.1, 0.15) is 5.69 Å². The average Bonchev–Trinajstić information content (AvgIpc) is 3.07. The Morgan fingerprint density at radius 3 is 2.47 bits per heavy atom. The third-order valence-corrected chi connectivity index (χ3v) is 5.77. The molecule has 1 aromatic carbocycles. The molecule has 3 rings (SSSR count). The molecule has 0 aliphatic carbocycles. The molecular formula is C18H15BrCl2F3N5O. The Hall–Kier alpha value is -2.04. The van der Waals surface area contributed by atoms with Crippen molar-refractivity contribution in [1.82, 2.24) is 19.6 Å². The number of rotatable bonds is 4. The van der Waals surface area contributed by atoms with Gasteiger partial charge in [0.2, 0.25) is 0 Å². The van der Waals surface area contributed by atoms with E-state index in [-0.39, 0.29) is 5.69 Å². The van der Waals surface area contributed by atoms with Crippen molar-refractivity contribution in [3.63, 3.8) is 0 Å². The number of benzene rings is 1. The van der Waals surface area contributed by atoms with Crippen LogP contribution in [0.25, 0.3) is 0 Å². The fourth-order valence-electron chi connectivity index (χ4n) is 2.94. The summed E-state index contributed by atoms with van der Waals surface area (Å²) in [5, 5.41) is 11.4. The standard InChI is InChI=1S/C18H15BrCl2F3N5O/c1-8-14(9(2)29(26-8)7-10-4-5-11(20)6-12(10)21)25-17(30)15-13(19)16(18(22,23)24)27-28(15)3/h4-6H,7H2,1-3H3,(H,25,30). The summed E-state index contributed by atoms with van der Waals surface area (Å²) >= 11 is 15.0. The third kappa shape index (κ3) is 4.35. The average molecular weight is 525 g/mol. The Bertz CT molecular complexity index is 1140. The first kappa shape index (κ1) is 22.6. The highest BCUT2D eigenvalue weighted by molar-refractivity contribution is 9.10. The molecule has 0 fully saturated rings. The van der Waals surface area contributed by atoms with E-state index in [2.05, 4.69) is 31.4 Å². The van der Waals surface area contributed by atoms with E-state index in [1.165, 1.54) is 7.05 Å². The van der Waals surface area contributed by atoms with Crippen molar-refractivity contribution in [2.45, 2.75) is 26.6 Å². The van der Waals surface area contributed by atoms with Crippen LogP contribution in [-0.4, -0.2) is 25.5 Å². The molecule has 0 spiro atoms. The second-order valence-corrected chi connectivity index (χ2v) is 8.16. The zero-order valence-corrected chi connectivity index (χ0v) is 19.0. The van der Waals surface area contributed by atoms with Crippen molar-refractivity contribution in [3.8, 4) is 0 Å². The van der Waals surface area contributed by atoms with Gasteiger partial charge in [-0.15, -0.1) is 0 Å². The van der Waals surface area contributed by atoms with Gasteiger partial charge in [0.25, 0.3) is 5.91 Å². The molecule has 2 heterocycles. The second kappa shape index (κ2) is 8.24. The van der Waals surface area contributed by atoms with Crippen LogP contribution in [0.1, 0.15) is 33.1 Å². The van der Waals surface area contributed by atoms with E-state index in [4.69, 9.17) is 23.2 Å². The van der Waals surface area contributed by atoms with Crippen molar-refractivity contribution in [1.29, 1.82) is 0 Å². The predicted octanol–water partition coefficient (Wildman–Crippen LogP) is 5.62. The highest BCUT2D eigenvalue weighted by Gasteiger charge is 2.39. The number of aromatic nitrogens is 4. The summed E-state index contributed by atoms with van der Waals surface area (Å²) in [5.74, 6) is -0.748. The van der Waals surface area contributed by atoms with Crippen LogP contribution in [0, 0.1) is 13.8 Å². The lowest BCUT2D eigenvalue weighted by atomic mass is 10.2. The Morgan fingerprint density at radius 1 is 1.23 bits per heavy atom. The summed E-state index contributed by atoms with van der Waals surface area (Å²) < 4.78 is 41.3. The SMILES string of the molecule is Cc1nn(Cc2ccc(Cl)cc2Cl)c(C)c1NC(=O)c1c(Br)c(C(F)(F)F)nn1C. The molecule has 12 heteroatoms. The van der Waals surface area contributed by atoms with Crippen LogP contribution in [0.3, 0.4) is 0 Å². The van der Waals surface area contributed by atoms with Gasteiger partial charge in [0, 0.05) is 17.1 Å². The largest absolute Gasteiger partial charge is 0.436 e. The van der Waals surface area contributed by atoms with E-state index in [0.29, 0.717) is 33.7 Å². The van der Waals surface area contributed by atoms with Gasteiger partial charge >= 0.3 is 6.18 Å².